The minimum atomic E-state index is -4.45. The summed E-state index contributed by atoms with van der Waals surface area (Å²) >= 11 is 10.3. The summed E-state index contributed by atoms with van der Waals surface area (Å²) in [5.74, 6) is 0.141. The van der Waals surface area contributed by atoms with Crippen molar-refractivity contribution >= 4 is 71.5 Å². The number of imidazole rings is 2. The van der Waals surface area contributed by atoms with Crippen LogP contribution in [0.4, 0.5) is 16.0 Å². The van der Waals surface area contributed by atoms with Crippen molar-refractivity contribution < 1.29 is 46.5 Å². The second kappa shape index (κ2) is 11.1. The fourth-order valence-electron chi connectivity index (χ4n) is 5.18. The van der Waals surface area contributed by atoms with Crippen LogP contribution < -0.4 is 11.5 Å². The lowest BCUT2D eigenvalue weighted by atomic mass is 10.1. The lowest BCUT2D eigenvalue weighted by Crippen LogP contribution is -2.35. The minimum absolute atomic E-state index is 0.0599. The van der Waals surface area contributed by atoms with Crippen molar-refractivity contribution in [1.29, 1.82) is 0 Å². The van der Waals surface area contributed by atoms with Gasteiger partial charge in [0.05, 0.1) is 25.9 Å². The molecule has 10 atom stereocenters. The molecule has 4 aromatic heterocycles. The number of hydrogen-bond acceptors (Lipinski definition) is 18. The Morgan fingerprint density at radius 3 is 2.09 bits per heavy atom. The molecule has 0 spiro atoms. The molecule has 0 radical (unpaired) electrons. The molecular formula is C20H22FN10O9P2S2-. The van der Waals surface area contributed by atoms with Gasteiger partial charge in [0.25, 0.3) is 0 Å². The number of alkyl halides is 1. The van der Waals surface area contributed by atoms with Gasteiger partial charge in [-0.15, -0.1) is 0 Å². The summed E-state index contributed by atoms with van der Waals surface area (Å²) in [6.07, 6.45) is -6.86. The highest BCUT2D eigenvalue weighted by Gasteiger charge is 2.52. The Hall–Kier alpha value is -2.46. The molecule has 2 bridgehead atoms. The van der Waals surface area contributed by atoms with Gasteiger partial charge in [-0.25, -0.2) is 34.3 Å². The summed E-state index contributed by atoms with van der Waals surface area (Å²) < 4.78 is 66.0. The van der Waals surface area contributed by atoms with Crippen molar-refractivity contribution in [1.82, 2.24) is 39.0 Å². The molecule has 3 aliphatic rings. The summed E-state index contributed by atoms with van der Waals surface area (Å²) in [5, 5.41) is 11.1. The number of aliphatic hydroxyl groups excluding tert-OH is 1. The van der Waals surface area contributed by atoms with Gasteiger partial charge in [-0.2, -0.15) is 0 Å². The number of halogens is 1. The average Bonchev–Trinajstić information content (AvgIpc) is 3.73. The van der Waals surface area contributed by atoms with E-state index in [-0.39, 0.29) is 34.0 Å². The number of aliphatic hydroxyl groups is 1. The van der Waals surface area contributed by atoms with Crippen LogP contribution in [0, 0.1) is 0 Å². The average molecular weight is 692 g/mol. The fraction of sp³-hybridized carbons (Fsp3) is 0.500. The molecule has 0 aliphatic carbocycles. The highest BCUT2D eigenvalue weighted by Crippen LogP contribution is 2.55. The summed E-state index contributed by atoms with van der Waals surface area (Å²) in [5.41, 5.74) is 12.5. The SMILES string of the molecule is Nc1ncnc2c1ncn2[C@@H]1O[C@@H]2COP(O)(=S)O[C@@H]3C(F)[C@H](n4cnc5c(N)ncnc54)O[C@@H]3COP(=O)([S-])OC1[C@H]2O. The molecule has 236 valence electrons. The van der Waals surface area contributed by atoms with Crippen molar-refractivity contribution in [2.75, 3.05) is 24.7 Å². The lowest BCUT2D eigenvalue weighted by Gasteiger charge is -2.32. The van der Waals surface area contributed by atoms with Gasteiger partial charge in [-0.3, -0.25) is 18.2 Å². The number of fused-ring (bicyclic) bond motifs is 5. The van der Waals surface area contributed by atoms with E-state index in [0.29, 0.717) is 0 Å². The van der Waals surface area contributed by atoms with Crippen molar-refractivity contribution in [3.8, 4) is 0 Å². The number of nitrogens with zero attached hydrogens (tertiary/aromatic N) is 8. The molecule has 0 aromatic carbocycles. The Kier molecular flexibility index (Phi) is 7.63. The monoisotopic (exact) mass is 691 g/mol. The second-order valence-electron chi connectivity index (χ2n) is 9.88. The van der Waals surface area contributed by atoms with E-state index in [2.05, 4.69) is 29.9 Å². The Balaban J connectivity index is 1.20. The van der Waals surface area contributed by atoms with E-state index in [1.165, 1.54) is 34.4 Å². The van der Waals surface area contributed by atoms with Gasteiger partial charge in [-0.05, 0) is 11.8 Å². The molecule has 6 N–H and O–H groups in total. The molecule has 3 fully saturated rings. The maximum atomic E-state index is 16.0. The first-order valence-electron chi connectivity index (χ1n) is 12.7. The summed E-state index contributed by atoms with van der Waals surface area (Å²) in [6.45, 7) is -9.87. The summed E-state index contributed by atoms with van der Waals surface area (Å²) in [7, 11) is 0. The molecular weight excluding hydrogens is 669 g/mol. The Bertz CT molecular complexity index is 1840. The van der Waals surface area contributed by atoms with Crippen LogP contribution in [0.5, 0.6) is 0 Å². The highest BCUT2D eigenvalue weighted by atomic mass is 32.7. The van der Waals surface area contributed by atoms with Crippen LogP contribution in [0.15, 0.2) is 25.3 Å². The molecule has 7 rings (SSSR count). The van der Waals surface area contributed by atoms with Crippen molar-refractivity contribution in [2.45, 2.75) is 49.1 Å². The van der Waals surface area contributed by atoms with Crippen LogP contribution in [0.3, 0.4) is 0 Å². The van der Waals surface area contributed by atoms with Crippen LogP contribution in [-0.4, -0.2) is 98.9 Å². The zero-order valence-electron chi connectivity index (χ0n) is 21.9. The molecule has 7 heterocycles. The lowest BCUT2D eigenvalue weighted by molar-refractivity contribution is -0.0584. The van der Waals surface area contributed by atoms with Crippen LogP contribution in [0.2, 0.25) is 0 Å². The molecule has 24 heteroatoms. The third kappa shape index (κ3) is 5.27. The van der Waals surface area contributed by atoms with Crippen molar-refractivity contribution in [2.24, 2.45) is 0 Å². The van der Waals surface area contributed by atoms with Gasteiger partial charge in [0.1, 0.15) is 54.2 Å². The second-order valence-corrected chi connectivity index (χ2v) is 15.4. The molecule has 44 heavy (non-hydrogen) atoms. The topological polar surface area (TPSA) is 252 Å². The van der Waals surface area contributed by atoms with E-state index in [9.17, 15) is 14.6 Å². The maximum Gasteiger partial charge on any atom is 0.325 e. The Morgan fingerprint density at radius 2 is 1.45 bits per heavy atom. The predicted octanol–water partition coefficient (Wildman–Crippen LogP) is 0.0134. The largest absolute Gasteiger partial charge is 0.660 e. The zero-order chi connectivity index (χ0) is 31.0. The van der Waals surface area contributed by atoms with Gasteiger partial charge in [0, 0.05) is 0 Å². The van der Waals surface area contributed by atoms with E-state index < -0.39 is 75.9 Å². The van der Waals surface area contributed by atoms with Crippen LogP contribution >= 0.6 is 13.5 Å². The first-order chi connectivity index (χ1) is 20.9. The van der Waals surface area contributed by atoms with Gasteiger partial charge < -0.3 is 56.8 Å². The Labute approximate surface area is 256 Å². The molecule has 0 amide bonds. The number of rotatable bonds is 2. The standard InChI is InChI=1S/C20H23FN10O9P2S2/c21-9-13-8(38-19(9)30-5-28-10-15(22)24-3-26-17(10)30)2-36-42(34,44)40-14-12(32)7(1-35-41(33,43)39-13)37-20(14)31-6-29-11-16(23)25-4-27-18(11)31/h3-9,12-14,19-20,32H,1-2H2,(H,33,43)(H,34,44)(H2,22,24,26)(H2,23,25,27)/p-1/t7-,8-,9?,12+,13+,14?,19-,20-,41?,42?/m1/s1. The van der Waals surface area contributed by atoms with E-state index in [1.807, 2.05) is 0 Å². The van der Waals surface area contributed by atoms with Crippen molar-refractivity contribution in [3.05, 3.63) is 25.3 Å². The fourth-order valence-corrected chi connectivity index (χ4v) is 8.01. The first kappa shape index (κ1) is 30.2. The number of aromatic nitrogens is 8. The molecule has 3 aliphatic heterocycles. The predicted molar refractivity (Wildman–Crippen MR) is 151 cm³/mol. The maximum absolute atomic E-state index is 16.0. The van der Waals surface area contributed by atoms with Gasteiger partial charge >= 0.3 is 6.72 Å². The van der Waals surface area contributed by atoms with Gasteiger partial charge in [0.2, 0.25) is 6.80 Å². The first-order valence-corrected chi connectivity index (χ1v) is 17.9. The molecule has 4 unspecified atom stereocenters. The molecule has 19 nitrogen and oxygen atoms in total. The highest BCUT2D eigenvalue weighted by molar-refractivity contribution is 8.32. The third-order valence-corrected chi connectivity index (χ3v) is 10.3. The number of anilines is 2. The Morgan fingerprint density at radius 1 is 0.886 bits per heavy atom. The smallest absolute Gasteiger partial charge is 0.325 e. The number of nitrogen functional groups attached to an aromatic ring is 2. The molecule has 4 aromatic rings. The van der Waals surface area contributed by atoms with E-state index in [0.717, 1.165) is 0 Å². The third-order valence-electron chi connectivity index (χ3n) is 7.21. The van der Waals surface area contributed by atoms with E-state index >= 15 is 4.39 Å². The quantitative estimate of drug-likeness (QED) is 0.160. The molecule has 0 saturated carbocycles. The minimum Gasteiger partial charge on any atom is -0.660 e. The summed E-state index contributed by atoms with van der Waals surface area (Å²) in [4.78, 5) is 35.2. The van der Waals surface area contributed by atoms with Crippen molar-refractivity contribution in [3.63, 3.8) is 0 Å². The molecule has 3 saturated heterocycles. The number of hydrogen-bond donors (Lipinski definition) is 4. The van der Waals surface area contributed by atoms with E-state index in [1.54, 1.807) is 0 Å². The van der Waals surface area contributed by atoms with Crippen LogP contribution in [0.1, 0.15) is 12.5 Å². The van der Waals surface area contributed by atoms with Gasteiger partial charge in [-0.1, -0.05) is 0 Å². The van der Waals surface area contributed by atoms with Crippen LogP contribution in [0.25, 0.3) is 22.3 Å². The summed E-state index contributed by atoms with van der Waals surface area (Å²) in [6, 6.07) is 0. The number of nitrogens with two attached hydrogens (primary N) is 2. The van der Waals surface area contributed by atoms with Crippen LogP contribution in [-0.2, 0) is 56.2 Å². The number of ether oxygens (including phenoxy) is 2. The van der Waals surface area contributed by atoms with E-state index in [4.69, 9.17) is 63.1 Å². The normalized spacial score (nSPS) is 38.3. The van der Waals surface area contributed by atoms with Gasteiger partial charge in [0.15, 0.2) is 41.6 Å². The zero-order valence-corrected chi connectivity index (χ0v) is 25.3.